The van der Waals surface area contributed by atoms with E-state index in [1.807, 2.05) is 61.6 Å². The molecule has 0 saturated carbocycles. The van der Waals surface area contributed by atoms with Gasteiger partial charge >= 0.3 is 0 Å². The maximum atomic E-state index is 12.4. The first-order chi connectivity index (χ1) is 10.6. The Bertz CT molecular complexity index is 591. The van der Waals surface area contributed by atoms with Gasteiger partial charge in [0.15, 0.2) is 0 Å². The molecule has 0 radical (unpaired) electrons. The van der Waals surface area contributed by atoms with Crippen molar-refractivity contribution in [3.05, 3.63) is 65.7 Å². The molecule has 2 rings (SSSR count). The third-order valence-electron chi connectivity index (χ3n) is 3.29. The highest BCUT2D eigenvalue weighted by Gasteiger charge is 2.12. The van der Waals surface area contributed by atoms with Crippen molar-refractivity contribution in [3.63, 3.8) is 0 Å². The number of ether oxygens (including phenoxy) is 1. The van der Waals surface area contributed by atoms with E-state index in [0.717, 1.165) is 11.3 Å². The SMILES string of the molecule is CC(C)COc1ccc(C(=O)N(C)Cc2ccccc2)cc1. The Kier molecular flexibility index (Phi) is 5.59. The number of benzene rings is 2. The van der Waals surface area contributed by atoms with Crippen LogP contribution in [0.5, 0.6) is 5.75 Å². The molecule has 116 valence electrons. The van der Waals surface area contributed by atoms with Crippen LogP contribution in [-0.2, 0) is 6.54 Å². The third-order valence-corrected chi connectivity index (χ3v) is 3.29. The average Bonchev–Trinajstić information content (AvgIpc) is 2.53. The summed E-state index contributed by atoms with van der Waals surface area (Å²) in [5.41, 5.74) is 1.80. The molecular formula is C19H23NO2. The molecule has 0 atom stereocenters. The number of carbonyl (C=O) groups excluding carboxylic acids is 1. The number of hydrogen-bond acceptors (Lipinski definition) is 2. The van der Waals surface area contributed by atoms with E-state index in [4.69, 9.17) is 4.74 Å². The van der Waals surface area contributed by atoms with Gasteiger partial charge in [-0.3, -0.25) is 4.79 Å². The zero-order valence-corrected chi connectivity index (χ0v) is 13.5. The molecule has 0 fully saturated rings. The van der Waals surface area contributed by atoms with Crippen LogP contribution in [0.4, 0.5) is 0 Å². The van der Waals surface area contributed by atoms with E-state index >= 15 is 0 Å². The van der Waals surface area contributed by atoms with Crippen molar-refractivity contribution in [2.75, 3.05) is 13.7 Å². The molecule has 2 aromatic rings. The second-order valence-electron chi connectivity index (χ2n) is 5.88. The second-order valence-corrected chi connectivity index (χ2v) is 5.88. The van der Waals surface area contributed by atoms with Crippen LogP contribution in [0, 0.1) is 5.92 Å². The fourth-order valence-electron chi connectivity index (χ4n) is 2.11. The monoisotopic (exact) mass is 297 g/mol. The normalized spacial score (nSPS) is 10.5. The zero-order chi connectivity index (χ0) is 15.9. The molecule has 3 nitrogen and oxygen atoms in total. The Labute approximate surface area is 132 Å². The predicted octanol–water partition coefficient (Wildman–Crippen LogP) is 3.99. The van der Waals surface area contributed by atoms with Crippen LogP contribution in [0.2, 0.25) is 0 Å². The Morgan fingerprint density at radius 1 is 1.05 bits per heavy atom. The molecule has 0 aromatic heterocycles. The standard InChI is InChI=1S/C19H23NO2/c1-15(2)14-22-18-11-9-17(10-12-18)19(21)20(3)13-16-7-5-4-6-8-16/h4-12,15H,13-14H2,1-3H3. The summed E-state index contributed by atoms with van der Waals surface area (Å²) < 4.78 is 5.63. The summed E-state index contributed by atoms with van der Waals surface area (Å²) in [5, 5.41) is 0. The van der Waals surface area contributed by atoms with E-state index < -0.39 is 0 Å². The van der Waals surface area contributed by atoms with Crippen LogP contribution in [-0.4, -0.2) is 24.5 Å². The first kappa shape index (κ1) is 16.1. The Morgan fingerprint density at radius 3 is 2.27 bits per heavy atom. The van der Waals surface area contributed by atoms with E-state index in [2.05, 4.69) is 13.8 Å². The quantitative estimate of drug-likeness (QED) is 0.806. The Hall–Kier alpha value is -2.29. The van der Waals surface area contributed by atoms with Crippen LogP contribution in [0.25, 0.3) is 0 Å². The van der Waals surface area contributed by atoms with Gasteiger partial charge in [-0.2, -0.15) is 0 Å². The highest BCUT2D eigenvalue weighted by Crippen LogP contribution is 2.15. The molecule has 0 bridgehead atoms. The van der Waals surface area contributed by atoms with E-state index in [0.29, 0.717) is 24.6 Å². The average molecular weight is 297 g/mol. The van der Waals surface area contributed by atoms with Gasteiger partial charge in [0.05, 0.1) is 6.61 Å². The van der Waals surface area contributed by atoms with Gasteiger partial charge in [0.1, 0.15) is 5.75 Å². The summed E-state index contributed by atoms with van der Waals surface area (Å²) in [7, 11) is 1.82. The minimum atomic E-state index is 0.0132. The van der Waals surface area contributed by atoms with E-state index in [1.54, 1.807) is 4.90 Å². The molecule has 0 aliphatic carbocycles. The number of hydrogen-bond donors (Lipinski definition) is 0. The van der Waals surface area contributed by atoms with Crippen LogP contribution in [0.3, 0.4) is 0 Å². The maximum Gasteiger partial charge on any atom is 0.253 e. The highest BCUT2D eigenvalue weighted by atomic mass is 16.5. The summed E-state index contributed by atoms with van der Waals surface area (Å²) in [6, 6.07) is 17.3. The molecule has 3 heteroatoms. The highest BCUT2D eigenvalue weighted by molar-refractivity contribution is 5.94. The van der Waals surface area contributed by atoms with Gasteiger partial charge in [-0.15, -0.1) is 0 Å². The van der Waals surface area contributed by atoms with Crippen LogP contribution in [0.1, 0.15) is 29.8 Å². The number of nitrogens with zero attached hydrogens (tertiary/aromatic N) is 1. The smallest absolute Gasteiger partial charge is 0.253 e. The molecule has 0 spiro atoms. The van der Waals surface area contributed by atoms with Gasteiger partial charge in [-0.05, 0) is 35.7 Å². The van der Waals surface area contributed by atoms with E-state index in [9.17, 15) is 4.79 Å². The molecule has 0 saturated heterocycles. The van der Waals surface area contributed by atoms with Crippen molar-refractivity contribution in [2.45, 2.75) is 20.4 Å². The predicted molar refractivity (Wildman–Crippen MR) is 89.0 cm³/mol. The van der Waals surface area contributed by atoms with Gasteiger partial charge in [0, 0.05) is 19.2 Å². The lowest BCUT2D eigenvalue weighted by Gasteiger charge is -2.17. The summed E-state index contributed by atoms with van der Waals surface area (Å²) in [6.07, 6.45) is 0. The summed E-state index contributed by atoms with van der Waals surface area (Å²) in [5.74, 6) is 1.30. The number of amides is 1. The fraction of sp³-hybridized carbons (Fsp3) is 0.316. The van der Waals surface area contributed by atoms with Crippen molar-refractivity contribution in [3.8, 4) is 5.75 Å². The molecular weight excluding hydrogens is 274 g/mol. The van der Waals surface area contributed by atoms with E-state index in [-0.39, 0.29) is 5.91 Å². The van der Waals surface area contributed by atoms with Crippen LogP contribution < -0.4 is 4.74 Å². The Balaban J connectivity index is 1.97. The van der Waals surface area contributed by atoms with Crippen molar-refractivity contribution in [1.82, 2.24) is 4.90 Å². The van der Waals surface area contributed by atoms with Gasteiger partial charge in [0.25, 0.3) is 5.91 Å². The van der Waals surface area contributed by atoms with Crippen molar-refractivity contribution in [2.24, 2.45) is 5.92 Å². The molecule has 0 unspecified atom stereocenters. The number of carbonyl (C=O) groups is 1. The summed E-state index contributed by atoms with van der Waals surface area (Å²) in [4.78, 5) is 14.1. The lowest BCUT2D eigenvalue weighted by atomic mass is 10.1. The molecule has 2 aromatic carbocycles. The first-order valence-corrected chi connectivity index (χ1v) is 7.58. The van der Waals surface area contributed by atoms with Gasteiger partial charge < -0.3 is 9.64 Å². The van der Waals surface area contributed by atoms with E-state index in [1.165, 1.54) is 0 Å². The van der Waals surface area contributed by atoms with Gasteiger partial charge in [-0.25, -0.2) is 0 Å². The van der Waals surface area contributed by atoms with Gasteiger partial charge in [-0.1, -0.05) is 44.2 Å². The topological polar surface area (TPSA) is 29.5 Å². The van der Waals surface area contributed by atoms with Crippen molar-refractivity contribution < 1.29 is 9.53 Å². The maximum absolute atomic E-state index is 12.4. The van der Waals surface area contributed by atoms with Crippen molar-refractivity contribution in [1.29, 1.82) is 0 Å². The largest absolute Gasteiger partial charge is 0.493 e. The van der Waals surface area contributed by atoms with Crippen molar-refractivity contribution >= 4 is 5.91 Å². The number of rotatable bonds is 6. The first-order valence-electron chi connectivity index (χ1n) is 7.58. The third kappa shape index (κ3) is 4.62. The fourth-order valence-corrected chi connectivity index (χ4v) is 2.11. The summed E-state index contributed by atoms with van der Waals surface area (Å²) in [6.45, 7) is 5.50. The molecule has 0 aliphatic heterocycles. The molecule has 0 heterocycles. The lowest BCUT2D eigenvalue weighted by molar-refractivity contribution is 0.0785. The second kappa shape index (κ2) is 7.64. The minimum Gasteiger partial charge on any atom is -0.493 e. The lowest BCUT2D eigenvalue weighted by Crippen LogP contribution is -2.26. The molecule has 0 N–H and O–H groups in total. The molecule has 1 amide bonds. The molecule has 0 aliphatic rings. The Morgan fingerprint density at radius 2 is 1.68 bits per heavy atom. The minimum absolute atomic E-state index is 0.0132. The summed E-state index contributed by atoms with van der Waals surface area (Å²) >= 11 is 0. The van der Waals surface area contributed by atoms with Gasteiger partial charge in [0.2, 0.25) is 0 Å². The van der Waals surface area contributed by atoms with Crippen LogP contribution >= 0.6 is 0 Å². The molecule has 22 heavy (non-hydrogen) atoms. The van der Waals surface area contributed by atoms with Crippen LogP contribution in [0.15, 0.2) is 54.6 Å². The zero-order valence-electron chi connectivity index (χ0n) is 13.5.